The molecular weight excluding hydrogens is 372 g/mol. The first-order chi connectivity index (χ1) is 12.4. The standard InChI is InChI=1S/C19H17F6NO/c1-11-3-7-13(8-4-11)15(18(20,21)22)17(26-27)16(19(23,24)25)14-9-5-12(2)6-10-14/h3-10,15-16,27H,1-2H3. The van der Waals surface area contributed by atoms with Gasteiger partial charge in [0, 0.05) is 0 Å². The first kappa shape index (κ1) is 20.8. The Kier molecular flexibility index (Phi) is 5.87. The van der Waals surface area contributed by atoms with Crippen molar-refractivity contribution in [2.45, 2.75) is 38.0 Å². The van der Waals surface area contributed by atoms with Crippen molar-refractivity contribution >= 4 is 5.71 Å². The molecule has 1 N–H and O–H groups in total. The molecule has 2 aromatic rings. The fourth-order valence-electron chi connectivity index (χ4n) is 2.85. The van der Waals surface area contributed by atoms with E-state index in [1.807, 2.05) is 0 Å². The van der Waals surface area contributed by atoms with Crippen LogP contribution in [0.2, 0.25) is 0 Å². The van der Waals surface area contributed by atoms with Crippen LogP contribution < -0.4 is 0 Å². The molecule has 0 aliphatic carbocycles. The van der Waals surface area contributed by atoms with Crippen LogP contribution in [0.4, 0.5) is 26.3 Å². The summed E-state index contributed by atoms with van der Waals surface area (Å²) >= 11 is 0. The molecule has 0 aliphatic rings. The molecule has 2 atom stereocenters. The molecule has 0 aliphatic heterocycles. The SMILES string of the molecule is Cc1ccc(C(C(=NO)C(c2ccc(C)cc2)C(F)(F)F)C(F)(F)F)cc1. The third kappa shape index (κ3) is 4.81. The van der Waals surface area contributed by atoms with Crippen molar-refractivity contribution in [1.82, 2.24) is 0 Å². The van der Waals surface area contributed by atoms with E-state index in [2.05, 4.69) is 5.16 Å². The predicted molar refractivity (Wildman–Crippen MR) is 89.2 cm³/mol. The molecule has 2 nitrogen and oxygen atoms in total. The molecule has 8 heteroatoms. The summed E-state index contributed by atoms with van der Waals surface area (Å²) in [4.78, 5) is 0. The highest BCUT2D eigenvalue weighted by atomic mass is 19.4. The van der Waals surface area contributed by atoms with Crippen LogP contribution in [0.25, 0.3) is 0 Å². The molecule has 0 spiro atoms. The van der Waals surface area contributed by atoms with Crippen molar-refractivity contribution in [1.29, 1.82) is 0 Å². The molecule has 0 heterocycles. The molecule has 2 aromatic carbocycles. The summed E-state index contributed by atoms with van der Waals surface area (Å²) in [6.07, 6.45) is -10.2. The summed E-state index contributed by atoms with van der Waals surface area (Å²) in [5, 5.41) is 11.7. The third-order valence-corrected chi connectivity index (χ3v) is 4.18. The summed E-state index contributed by atoms with van der Waals surface area (Å²) in [5.41, 5.74) is -0.978. The van der Waals surface area contributed by atoms with Crippen molar-refractivity contribution in [3.63, 3.8) is 0 Å². The number of benzene rings is 2. The summed E-state index contributed by atoms with van der Waals surface area (Å²) < 4.78 is 82.3. The summed E-state index contributed by atoms with van der Waals surface area (Å²) in [6.45, 7) is 3.27. The topological polar surface area (TPSA) is 32.6 Å². The van der Waals surface area contributed by atoms with Crippen molar-refractivity contribution in [3.05, 3.63) is 70.8 Å². The van der Waals surface area contributed by atoms with Crippen LogP contribution in [0.5, 0.6) is 0 Å². The van der Waals surface area contributed by atoms with Gasteiger partial charge in [-0.2, -0.15) is 26.3 Å². The number of nitrogens with zero attached hydrogens (tertiary/aromatic N) is 1. The van der Waals surface area contributed by atoms with E-state index in [0.29, 0.717) is 11.1 Å². The molecule has 0 saturated heterocycles. The van der Waals surface area contributed by atoms with Gasteiger partial charge in [-0.15, -0.1) is 0 Å². The normalized spacial score (nSPS) is 14.5. The average molecular weight is 389 g/mol. The van der Waals surface area contributed by atoms with Gasteiger partial charge in [0.15, 0.2) is 0 Å². The second-order valence-electron chi connectivity index (χ2n) is 6.30. The molecule has 2 rings (SSSR count). The van der Waals surface area contributed by atoms with Crippen molar-refractivity contribution in [2.24, 2.45) is 5.16 Å². The van der Waals surface area contributed by atoms with E-state index in [1.54, 1.807) is 13.8 Å². The van der Waals surface area contributed by atoms with Crippen LogP contribution in [-0.4, -0.2) is 23.3 Å². The maximum atomic E-state index is 13.7. The van der Waals surface area contributed by atoms with Crippen LogP contribution in [0.1, 0.15) is 34.1 Å². The first-order valence-electron chi connectivity index (χ1n) is 7.93. The van der Waals surface area contributed by atoms with Gasteiger partial charge >= 0.3 is 12.4 Å². The number of aryl methyl sites for hydroxylation is 2. The highest BCUT2D eigenvalue weighted by Crippen LogP contribution is 2.45. The Balaban J connectivity index is 2.65. The van der Waals surface area contributed by atoms with Crippen molar-refractivity contribution < 1.29 is 31.5 Å². The van der Waals surface area contributed by atoms with Gasteiger partial charge in [0.05, 0.1) is 5.71 Å². The minimum absolute atomic E-state index is 0.428. The fourth-order valence-corrected chi connectivity index (χ4v) is 2.85. The quantitative estimate of drug-likeness (QED) is 0.290. The van der Waals surface area contributed by atoms with E-state index in [1.165, 1.54) is 24.3 Å². The number of oxime groups is 1. The largest absolute Gasteiger partial charge is 0.411 e. The van der Waals surface area contributed by atoms with Gasteiger partial charge in [0.1, 0.15) is 11.8 Å². The molecule has 0 aromatic heterocycles. The molecule has 0 fully saturated rings. The van der Waals surface area contributed by atoms with Gasteiger partial charge in [-0.25, -0.2) is 0 Å². The molecule has 27 heavy (non-hydrogen) atoms. The number of halogens is 6. The Morgan fingerprint density at radius 2 is 1.00 bits per heavy atom. The minimum Gasteiger partial charge on any atom is -0.411 e. The lowest BCUT2D eigenvalue weighted by Crippen LogP contribution is -2.38. The predicted octanol–water partition coefficient (Wildman–Crippen LogP) is 6.13. The first-order valence-corrected chi connectivity index (χ1v) is 7.93. The summed E-state index contributed by atoms with van der Waals surface area (Å²) in [6, 6.07) is 9.77. The third-order valence-electron chi connectivity index (χ3n) is 4.18. The Labute approximate surface area is 152 Å². The number of hydrogen-bond donors (Lipinski definition) is 1. The molecule has 0 bridgehead atoms. The van der Waals surface area contributed by atoms with Gasteiger partial charge in [0.25, 0.3) is 0 Å². The Hall–Kier alpha value is -2.51. The molecule has 0 radical (unpaired) electrons. The fraction of sp³-hybridized carbons (Fsp3) is 0.316. The Morgan fingerprint density at radius 1 is 0.704 bits per heavy atom. The maximum absolute atomic E-state index is 13.7. The van der Waals surface area contributed by atoms with Crippen molar-refractivity contribution in [3.8, 4) is 0 Å². The second kappa shape index (κ2) is 7.62. The highest BCUT2D eigenvalue weighted by Gasteiger charge is 2.54. The highest BCUT2D eigenvalue weighted by molar-refractivity contribution is 5.97. The second-order valence-corrected chi connectivity index (χ2v) is 6.30. The maximum Gasteiger partial charge on any atom is 0.401 e. The molecule has 146 valence electrons. The summed E-state index contributed by atoms with van der Waals surface area (Å²) in [5.74, 6) is -5.40. The van der Waals surface area contributed by atoms with Gasteiger partial charge in [-0.1, -0.05) is 64.8 Å². The van der Waals surface area contributed by atoms with Gasteiger partial charge in [-0.05, 0) is 25.0 Å². The monoisotopic (exact) mass is 389 g/mol. The van der Waals surface area contributed by atoms with E-state index in [4.69, 9.17) is 0 Å². The van der Waals surface area contributed by atoms with Crippen LogP contribution in [0.3, 0.4) is 0 Å². The molecule has 2 unspecified atom stereocenters. The van der Waals surface area contributed by atoms with E-state index in [9.17, 15) is 31.5 Å². The Bertz CT molecular complexity index is 725. The smallest absolute Gasteiger partial charge is 0.401 e. The molecule has 0 amide bonds. The lowest BCUT2D eigenvalue weighted by molar-refractivity contribution is -0.148. The van der Waals surface area contributed by atoms with E-state index >= 15 is 0 Å². The van der Waals surface area contributed by atoms with Gasteiger partial charge in [0.2, 0.25) is 0 Å². The van der Waals surface area contributed by atoms with Gasteiger partial charge < -0.3 is 5.21 Å². The average Bonchev–Trinajstić information content (AvgIpc) is 2.55. The Morgan fingerprint density at radius 3 is 1.22 bits per heavy atom. The van der Waals surface area contributed by atoms with Crippen LogP contribution in [0, 0.1) is 13.8 Å². The van der Waals surface area contributed by atoms with Crippen molar-refractivity contribution in [2.75, 3.05) is 0 Å². The molecular formula is C19H17F6NO. The van der Waals surface area contributed by atoms with Crippen LogP contribution in [-0.2, 0) is 0 Å². The number of alkyl halides is 6. The summed E-state index contributed by atoms with van der Waals surface area (Å²) in [7, 11) is 0. The zero-order chi connectivity index (χ0) is 20.4. The lowest BCUT2D eigenvalue weighted by atomic mass is 9.81. The minimum atomic E-state index is -5.08. The zero-order valence-corrected chi connectivity index (χ0v) is 14.4. The van der Waals surface area contributed by atoms with E-state index in [-0.39, 0.29) is 0 Å². The van der Waals surface area contributed by atoms with Gasteiger partial charge in [-0.3, -0.25) is 0 Å². The number of hydrogen-bond acceptors (Lipinski definition) is 2. The van der Waals surface area contributed by atoms with Crippen LogP contribution in [0.15, 0.2) is 53.7 Å². The number of rotatable bonds is 4. The van der Waals surface area contributed by atoms with E-state index < -0.39 is 41.0 Å². The van der Waals surface area contributed by atoms with E-state index in [0.717, 1.165) is 24.3 Å². The molecule has 0 saturated carbocycles. The lowest BCUT2D eigenvalue weighted by Gasteiger charge is -2.29. The zero-order valence-electron chi connectivity index (χ0n) is 14.4. The van der Waals surface area contributed by atoms with Crippen LogP contribution >= 0.6 is 0 Å².